The monoisotopic (exact) mass is 488 g/mol. The van der Waals surface area contributed by atoms with E-state index in [2.05, 4.69) is 19.9 Å². The summed E-state index contributed by atoms with van der Waals surface area (Å²) >= 11 is 0. The number of ether oxygens (including phenoxy) is 1. The van der Waals surface area contributed by atoms with Crippen molar-refractivity contribution < 1.29 is 9.53 Å². The van der Waals surface area contributed by atoms with Gasteiger partial charge >= 0.3 is 0 Å². The zero-order chi connectivity index (χ0) is 25.1. The van der Waals surface area contributed by atoms with E-state index in [1.807, 2.05) is 35.2 Å². The number of pyridine rings is 1. The molecule has 2 aliphatic rings. The van der Waals surface area contributed by atoms with Gasteiger partial charge in [0.05, 0.1) is 11.9 Å². The molecule has 36 heavy (non-hydrogen) atoms. The molecular formula is C26H32N8O2. The van der Waals surface area contributed by atoms with Crippen LogP contribution in [0.25, 0.3) is 11.1 Å². The number of nitrogens with zero attached hydrogens (tertiary/aromatic N) is 5. The van der Waals surface area contributed by atoms with Crippen molar-refractivity contribution >= 4 is 23.4 Å². The van der Waals surface area contributed by atoms with Crippen LogP contribution in [0.2, 0.25) is 0 Å². The summed E-state index contributed by atoms with van der Waals surface area (Å²) in [5.74, 6) is 1.10. The summed E-state index contributed by atoms with van der Waals surface area (Å²) in [6, 6.07) is 10.0. The number of hydrogen-bond donors (Lipinski definition) is 3. The zero-order valence-electron chi connectivity index (χ0n) is 20.3. The summed E-state index contributed by atoms with van der Waals surface area (Å²) in [6.45, 7) is 4.16. The number of amides is 1. The zero-order valence-corrected chi connectivity index (χ0v) is 20.3. The molecule has 4 heterocycles. The summed E-state index contributed by atoms with van der Waals surface area (Å²) < 4.78 is 5.82. The van der Waals surface area contributed by atoms with Crippen molar-refractivity contribution in [3.63, 3.8) is 0 Å². The first-order chi connectivity index (χ1) is 17.5. The van der Waals surface area contributed by atoms with Crippen LogP contribution in [0, 0.1) is 0 Å². The number of carbonyl (C=O) groups is 1. The molecule has 0 radical (unpaired) electrons. The fourth-order valence-corrected chi connectivity index (χ4v) is 4.93. The van der Waals surface area contributed by atoms with Gasteiger partial charge in [0.25, 0.3) is 5.91 Å². The molecule has 2 saturated heterocycles. The van der Waals surface area contributed by atoms with Gasteiger partial charge in [-0.2, -0.15) is 0 Å². The first-order valence-corrected chi connectivity index (χ1v) is 12.4. The summed E-state index contributed by atoms with van der Waals surface area (Å²) in [4.78, 5) is 30.0. The standard InChI is InChI=1S/C26H32N8O2/c27-23-22(36-16-20-15-31-24(28)25(29)32-20)13-19(14-30-23)17-3-5-18(6-4-17)26(35)34-11-7-21(8-12-34)33-9-1-2-10-33/h3-6,13-15,21H,1-2,7-12,16H2,(H2,27,30)(H2,28,31)(H2,29,32). The van der Waals surface area contributed by atoms with Crippen molar-refractivity contribution in [1.82, 2.24) is 24.8 Å². The Morgan fingerprint density at radius 3 is 2.28 bits per heavy atom. The van der Waals surface area contributed by atoms with Crippen molar-refractivity contribution in [2.75, 3.05) is 43.4 Å². The van der Waals surface area contributed by atoms with E-state index in [4.69, 9.17) is 21.9 Å². The highest BCUT2D eigenvalue weighted by molar-refractivity contribution is 5.94. The normalized spacial score (nSPS) is 16.8. The molecule has 1 amide bonds. The third kappa shape index (κ3) is 5.18. The molecular weight excluding hydrogens is 456 g/mol. The minimum absolute atomic E-state index is 0.0877. The van der Waals surface area contributed by atoms with Gasteiger partial charge in [-0.3, -0.25) is 4.79 Å². The topological polar surface area (TPSA) is 150 Å². The molecule has 0 atom stereocenters. The average Bonchev–Trinajstić information content (AvgIpc) is 3.45. The van der Waals surface area contributed by atoms with E-state index in [9.17, 15) is 4.79 Å². The van der Waals surface area contributed by atoms with Crippen LogP contribution >= 0.6 is 0 Å². The molecule has 0 bridgehead atoms. The maximum atomic E-state index is 13.1. The number of benzene rings is 1. The van der Waals surface area contributed by atoms with Gasteiger partial charge in [-0.1, -0.05) is 12.1 Å². The van der Waals surface area contributed by atoms with Crippen LogP contribution in [-0.4, -0.2) is 62.9 Å². The van der Waals surface area contributed by atoms with E-state index < -0.39 is 0 Å². The average molecular weight is 489 g/mol. The van der Waals surface area contributed by atoms with E-state index in [1.54, 1.807) is 6.20 Å². The summed E-state index contributed by atoms with van der Waals surface area (Å²) in [6.07, 6.45) is 7.90. The van der Waals surface area contributed by atoms with Crippen LogP contribution in [0.4, 0.5) is 17.5 Å². The van der Waals surface area contributed by atoms with Gasteiger partial charge in [-0.25, -0.2) is 15.0 Å². The first-order valence-electron chi connectivity index (χ1n) is 12.4. The minimum atomic E-state index is 0.0877. The number of piperidine rings is 1. The van der Waals surface area contributed by atoms with Crippen molar-refractivity contribution in [3.8, 4) is 16.9 Å². The predicted octanol–water partition coefficient (Wildman–Crippen LogP) is 2.56. The summed E-state index contributed by atoms with van der Waals surface area (Å²) in [5, 5.41) is 0. The van der Waals surface area contributed by atoms with Gasteiger partial charge in [-0.15, -0.1) is 0 Å². The van der Waals surface area contributed by atoms with Crippen LogP contribution in [0.5, 0.6) is 5.75 Å². The number of nitrogens with two attached hydrogens (primary N) is 3. The van der Waals surface area contributed by atoms with Gasteiger partial charge in [0.15, 0.2) is 23.2 Å². The Labute approximate surface area is 210 Å². The fraction of sp³-hybridized carbons (Fsp3) is 0.385. The second kappa shape index (κ2) is 10.4. The van der Waals surface area contributed by atoms with Gasteiger partial charge < -0.3 is 31.7 Å². The van der Waals surface area contributed by atoms with E-state index in [0.717, 1.165) is 37.1 Å². The number of rotatable bonds is 6. The molecule has 0 aliphatic carbocycles. The van der Waals surface area contributed by atoms with Gasteiger partial charge in [-0.05, 0) is 62.5 Å². The molecule has 0 unspecified atom stereocenters. The SMILES string of the molecule is Nc1ncc(-c2ccc(C(=O)N3CCC(N4CCCC4)CC3)cc2)cc1OCc1cnc(N)c(N)n1. The molecule has 10 heteroatoms. The van der Waals surface area contributed by atoms with E-state index in [0.29, 0.717) is 23.0 Å². The maximum Gasteiger partial charge on any atom is 0.253 e. The molecule has 188 valence electrons. The summed E-state index contributed by atoms with van der Waals surface area (Å²) in [7, 11) is 0. The Morgan fingerprint density at radius 2 is 1.58 bits per heavy atom. The second-order valence-corrected chi connectivity index (χ2v) is 9.37. The molecule has 2 aromatic heterocycles. The smallest absolute Gasteiger partial charge is 0.253 e. The van der Waals surface area contributed by atoms with Crippen molar-refractivity contribution in [2.45, 2.75) is 38.3 Å². The molecule has 3 aromatic rings. The van der Waals surface area contributed by atoms with Crippen LogP contribution in [-0.2, 0) is 6.61 Å². The summed E-state index contributed by atoms with van der Waals surface area (Å²) in [5.41, 5.74) is 20.3. The van der Waals surface area contributed by atoms with Gasteiger partial charge in [0.1, 0.15) is 6.61 Å². The number of carbonyl (C=O) groups excluding carboxylic acids is 1. The molecule has 0 saturated carbocycles. The van der Waals surface area contributed by atoms with Gasteiger partial charge in [0, 0.05) is 36.5 Å². The highest BCUT2D eigenvalue weighted by Crippen LogP contribution is 2.28. The molecule has 5 rings (SSSR count). The van der Waals surface area contributed by atoms with Crippen LogP contribution in [0.3, 0.4) is 0 Å². The number of likely N-dealkylation sites (tertiary alicyclic amines) is 2. The highest BCUT2D eigenvalue weighted by atomic mass is 16.5. The number of anilines is 3. The number of aromatic nitrogens is 3. The van der Waals surface area contributed by atoms with E-state index >= 15 is 0 Å². The molecule has 6 N–H and O–H groups in total. The number of hydrogen-bond acceptors (Lipinski definition) is 9. The lowest BCUT2D eigenvalue weighted by Gasteiger charge is -2.36. The Balaban J connectivity index is 1.22. The Bertz CT molecular complexity index is 1220. The first kappa shape index (κ1) is 23.8. The lowest BCUT2D eigenvalue weighted by atomic mass is 10.0. The second-order valence-electron chi connectivity index (χ2n) is 9.37. The molecule has 10 nitrogen and oxygen atoms in total. The highest BCUT2D eigenvalue weighted by Gasteiger charge is 2.28. The van der Waals surface area contributed by atoms with Crippen molar-refractivity contribution in [3.05, 3.63) is 54.0 Å². The van der Waals surface area contributed by atoms with Crippen molar-refractivity contribution in [2.24, 2.45) is 0 Å². The minimum Gasteiger partial charge on any atom is -0.483 e. The Kier molecular flexibility index (Phi) is 6.86. The lowest BCUT2D eigenvalue weighted by molar-refractivity contribution is 0.0644. The third-order valence-corrected chi connectivity index (χ3v) is 7.01. The molecule has 2 aliphatic heterocycles. The van der Waals surface area contributed by atoms with Crippen molar-refractivity contribution in [1.29, 1.82) is 0 Å². The lowest BCUT2D eigenvalue weighted by Crippen LogP contribution is -2.45. The molecule has 2 fully saturated rings. The van der Waals surface area contributed by atoms with Crippen LogP contribution < -0.4 is 21.9 Å². The van der Waals surface area contributed by atoms with Gasteiger partial charge in [0.2, 0.25) is 0 Å². The maximum absolute atomic E-state index is 13.1. The van der Waals surface area contributed by atoms with Crippen LogP contribution in [0.1, 0.15) is 41.7 Å². The quantitative estimate of drug-likeness (QED) is 0.476. The third-order valence-electron chi connectivity index (χ3n) is 7.01. The fourth-order valence-electron chi connectivity index (χ4n) is 4.93. The Hall–Kier alpha value is -3.92. The largest absolute Gasteiger partial charge is 0.483 e. The van der Waals surface area contributed by atoms with E-state index in [1.165, 1.54) is 32.1 Å². The molecule has 1 aromatic carbocycles. The molecule has 0 spiro atoms. The Morgan fingerprint density at radius 1 is 0.889 bits per heavy atom. The van der Waals surface area contributed by atoms with Crippen LogP contribution in [0.15, 0.2) is 42.7 Å². The van der Waals surface area contributed by atoms with E-state index in [-0.39, 0.29) is 30.0 Å². The number of nitrogen functional groups attached to an aromatic ring is 3. The predicted molar refractivity (Wildman–Crippen MR) is 139 cm³/mol.